The third-order valence-corrected chi connectivity index (χ3v) is 5.37. The smallest absolute Gasteiger partial charge is 0.261 e. The largest absolute Gasteiger partial charge is 0.484 e. The van der Waals surface area contributed by atoms with Crippen LogP contribution in [0.25, 0.3) is 0 Å². The molecule has 0 saturated carbocycles. The van der Waals surface area contributed by atoms with Crippen molar-refractivity contribution in [2.24, 2.45) is 0 Å². The standard InChI is InChI=1S/C27H38N2O3/c1-8-24(26(31)28-19(2)3)29(17-21-11-9-20(4)10-12-21)25(30)18-32-23-15-13-22(14-16-23)27(5,6)7/h9-16,19,24H,8,17-18H2,1-7H3,(H,28,31). The summed E-state index contributed by atoms with van der Waals surface area (Å²) in [6, 6.07) is 15.3. The minimum atomic E-state index is -0.557. The Morgan fingerprint density at radius 1 is 1.00 bits per heavy atom. The van der Waals surface area contributed by atoms with E-state index in [0.717, 1.165) is 11.1 Å². The lowest BCUT2D eigenvalue weighted by atomic mass is 9.87. The van der Waals surface area contributed by atoms with E-state index in [4.69, 9.17) is 4.74 Å². The van der Waals surface area contributed by atoms with Crippen LogP contribution in [0, 0.1) is 6.92 Å². The minimum Gasteiger partial charge on any atom is -0.484 e. The number of aryl methyl sites for hydroxylation is 1. The molecule has 0 aromatic heterocycles. The Morgan fingerprint density at radius 2 is 1.59 bits per heavy atom. The second kappa shape index (κ2) is 11.2. The first-order valence-electron chi connectivity index (χ1n) is 11.4. The predicted octanol–water partition coefficient (Wildman–Crippen LogP) is 5.00. The number of hydrogen-bond acceptors (Lipinski definition) is 3. The van der Waals surface area contributed by atoms with E-state index in [1.807, 2.05) is 76.2 Å². The van der Waals surface area contributed by atoms with Gasteiger partial charge in [-0.25, -0.2) is 0 Å². The van der Waals surface area contributed by atoms with E-state index in [-0.39, 0.29) is 29.9 Å². The highest BCUT2D eigenvalue weighted by atomic mass is 16.5. The topological polar surface area (TPSA) is 58.6 Å². The normalized spacial score (nSPS) is 12.4. The van der Waals surface area contributed by atoms with Crippen LogP contribution in [0.2, 0.25) is 0 Å². The second-order valence-electron chi connectivity index (χ2n) is 9.66. The molecule has 0 heterocycles. The number of amides is 2. The van der Waals surface area contributed by atoms with Gasteiger partial charge in [-0.05, 0) is 55.9 Å². The first-order chi connectivity index (χ1) is 15.0. The van der Waals surface area contributed by atoms with Crippen molar-refractivity contribution in [3.8, 4) is 5.75 Å². The van der Waals surface area contributed by atoms with Gasteiger partial charge in [-0.2, -0.15) is 0 Å². The molecule has 0 aliphatic rings. The zero-order valence-electron chi connectivity index (χ0n) is 20.6. The zero-order chi connectivity index (χ0) is 23.9. The molecule has 174 valence electrons. The summed E-state index contributed by atoms with van der Waals surface area (Å²) in [5, 5.41) is 2.94. The van der Waals surface area contributed by atoms with Gasteiger partial charge in [-0.15, -0.1) is 0 Å². The van der Waals surface area contributed by atoms with Crippen LogP contribution in [0.4, 0.5) is 0 Å². The molecule has 0 fully saturated rings. The molecule has 0 radical (unpaired) electrons. The second-order valence-corrected chi connectivity index (χ2v) is 9.66. The molecule has 1 N–H and O–H groups in total. The van der Waals surface area contributed by atoms with E-state index in [9.17, 15) is 9.59 Å². The third-order valence-electron chi connectivity index (χ3n) is 5.37. The van der Waals surface area contributed by atoms with Crippen LogP contribution >= 0.6 is 0 Å². The highest BCUT2D eigenvalue weighted by Gasteiger charge is 2.29. The minimum absolute atomic E-state index is 0.00505. The number of carbonyl (C=O) groups excluding carboxylic acids is 2. The molecule has 0 spiro atoms. The van der Waals surface area contributed by atoms with E-state index < -0.39 is 6.04 Å². The van der Waals surface area contributed by atoms with E-state index in [1.54, 1.807) is 4.90 Å². The summed E-state index contributed by atoms with van der Waals surface area (Å²) in [6.07, 6.45) is 0.524. The molecular weight excluding hydrogens is 400 g/mol. The molecule has 32 heavy (non-hydrogen) atoms. The maximum Gasteiger partial charge on any atom is 0.261 e. The van der Waals surface area contributed by atoms with Crippen LogP contribution in [-0.2, 0) is 21.5 Å². The summed E-state index contributed by atoms with van der Waals surface area (Å²) in [7, 11) is 0. The molecule has 5 heteroatoms. The molecule has 5 nitrogen and oxygen atoms in total. The van der Waals surface area contributed by atoms with Crippen molar-refractivity contribution < 1.29 is 14.3 Å². The summed E-state index contributed by atoms with van der Waals surface area (Å²) < 4.78 is 5.81. The SMILES string of the molecule is CCC(C(=O)NC(C)C)N(Cc1ccc(C)cc1)C(=O)COc1ccc(C(C)(C)C)cc1. The van der Waals surface area contributed by atoms with Crippen LogP contribution in [0.1, 0.15) is 64.7 Å². The van der Waals surface area contributed by atoms with Crippen LogP contribution in [0.3, 0.4) is 0 Å². The van der Waals surface area contributed by atoms with E-state index in [0.29, 0.717) is 18.7 Å². The molecule has 2 rings (SSSR count). The highest BCUT2D eigenvalue weighted by Crippen LogP contribution is 2.24. The van der Waals surface area contributed by atoms with E-state index in [2.05, 4.69) is 26.1 Å². The molecule has 1 atom stereocenters. The molecule has 0 aliphatic heterocycles. The first kappa shape index (κ1) is 25.4. The van der Waals surface area contributed by atoms with E-state index in [1.165, 1.54) is 5.56 Å². The van der Waals surface area contributed by atoms with Crippen molar-refractivity contribution >= 4 is 11.8 Å². The van der Waals surface area contributed by atoms with Gasteiger partial charge >= 0.3 is 0 Å². The van der Waals surface area contributed by atoms with Gasteiger partial charge < -0.3 is 15.0 Å². The zero-order valence-corrected chi connectivity index (χ0v) is 20.6. The molecular formula is C27H38N2O3. The van der Waals surface area contributed by atoms with Gasteiger partial charge in [0.1, 0.15) is 11.8 Å². The lowest BCUT2D eigenvalue weighted by Gasteiger charge is -2.31. The predicted molar refractivity (Wildman–Crippen MR) is 130 cm³/mol. The number of rotatable bonds is 9. The fraction of sp³-hybridized carbons (Fsp3) is 0.481. The fourth-order valence-corrected chi connectivity index (χ4v) is 3.47. The van der Waals surface area contributed by atoms with Gasteiger partial charge in [0.05, 0.1) is 0 Å². The van der Waals surface area contributed by atoms with Crippen LogP contribution < -0.4 is 10.1 Å². The summed E-state index contributed by atoms with van der Waals surface area (Å²) in [5.41, 5.74) is 3.39. The number of carbonyl (C=O) groups is 2. The Balaban J connectivity index is 2.18. The average molecular weight is 439 g/mol. The molecule has 1 unspecified atom stereocenters. The Hall–Kier alpha value is -2.82. The summed E-state index contributed by atoms with van der Waals surface area (Å²) >= 11 is 0. The molecule has 0 bridgehead atoms. The van der Waals surface area contributed by atoms with Gasteiger partial charge in [-0.3, -0.25) is 9.59 Å². The summed E-state index contributed by atoms with van der Waals surface area (Å²) in [5.74, 6) is 0.287. The van der Waals surface area contributed by atoms with Gasteiger partial charge in [0.2, 0.25) is 5.91 Å². The molecule has 2 aromatic rings. The lowest BCUT2D eigenvalue weighted by molar-refractivity contribution is -0.143. The van der Waals surface area contributed by atoms with Crippen molar-refractivity contribution in [3.63, 3.8) is 0 Å². The number of hydrogen-bond donors (Lipinski definition) is 1. The Bertz CT molecular complexity index is 881. The van der Waals surface area contributed by atoms with Gasteiger partial charge in [0, 0.05) is 12.6 Å². The Kier molecular flexibility index (Phi) is 8.88. The summed E-state index contributed by atoms with van der Waals surface area (Å²) in [6.45, 7) is 14.5. The maximum absolute atomic E-state index is 13.2. The van der Waals surface area contributed by atoms with Crippen LogP contribution in [-0.4, -0.2) is 35.4 Å². The molecule has 2 aromatic carbocycles. The monoisotopic (exact) mass is 438 g/mol. The number of ether oxygens (including phenoxy) is 1. The first-order valence-corrected chi connectivity index (χ1v) is 11.4. The van der Waals surface area contributed by atoms with E-state index >= 15 is 0 Å². The Labute approximate surface area is 193 Å². The van der Waals surface area contributed by atoms with Gasteiger partial charge in [-0.1, -0.05) is 69.7 Å². The molecule has 0 aliphatic carbocycles. The third kappa shape index (κ3) is 7.40. The van der Waals surface area contributed by atoms with Crippen molar-refractivity contribution in [2.45, 2.75) is 78.9 Å². The van der Waals surface area contributed by atoms with Crippen molar-refractivity contribution in [3.05, 3.63) is 65.2 Å². The van der Waals surface area contributed by atoms with Gasteiger partial charge in [0.15, 0.2) is 6.61 Å². The lowest BCUT2D eigenvalue weighted by Crippen LogP contribution is -2.51. The average Bonchev–Trinajstić information content (AvgIpc) is 2.72. The highest BCUT2D eigenvalue weighted by molar-refractivity contribution is 5.88. The van der Waals surface area contributed by atoms with Crippen molar-refractivity contribution in [1.29, 1.82) is 0 Å². The maximum atomic E-state index is 13.2. The Morgan fingerprint density at radius 3 is 2.09 bits per heavy atom. The summed E-state index contributed by atoms with van der Waals surface area (Å²) in [4.78, 5) is 27.7. The molecule has 0 saturated heterocycles. The quantitative estimate of drug-likeness (QED) is 0.599. The number of nitrogens with zero attached hydrogens (tertiary/aromatic N) is 1. The number of nitrogens with one attached hydrogen (secondary N) is 1. The van der Waals surface area contributed by atoms with Crippen molar-refractivity contribution in [2.75, 3.05) is 6.61 Å². The molecule has 2 amide bonds. The van der Waals surface area contributed by atoms with Crippen LogP contribution in [0.5, 0.6) is 5.75 Å². The van der Waals surface area contributed by atoms with Crippen molar-refractivity contribution in [1.82, 2.24) is 10.2 Å². The van der Waals surface area contributed by atoms with Crippen LogP contribution in [0.15, 0.2) is 48.5 Å². The fourth-order valence-electron chi connectivity index (χ4n) is 3.47. The van der Waals surface area contributed by atoms with Gasteiger partial charge in [0.25, 0.3) is 5.91 Å². The number of benzene rings is 2.